The van der Waals surface area contributed by atoms with Gasteiger partial charge >= 0.3 is 452 Å². The summed E-state index contributed by atoms with van der Waals surface area (Å²) in [5.74, 6) is 0. The number of para-hydroxylation sites is 6. The van der Waals surface area contributed by atoms with Gasteiger partial charge in [-0.1, -0.05) is 72.8 Å². The van der Waals surface area contributed by atoms with Gasteiger partial charge < -0.3 is 9.88 Å². The number of nitrogens with zero attached hydrogens (tertiary/aromatic N) is 3. The van der Waals surface area contributed by atoms with Crippen LogP contribution in [0.5, 0.6) is 0 Å². The van der Waals surface area contributed by atoms with Gasteiger partial charge in [0, 0.05) is 27.8 Å². The van der Waals surface area contributed by atoms with Crippen molar-refractivity contribution in [1.29, 1.82) is 0 Å². The van der Waals surface area contributed by atoms with Gasteiger partial charge in [0.15, 0.2) is 0 Å². The molecule has 0 aliphatic heterocycles. The van der Waals surface area contributed by atoms with Crippen LogP contribution in [0.15, 0.2) is 441 Å². The van der Waals surface area contributed by atoms with E-state index in [1.807, 2.05) is 18.2 Å². The first kappa shape index (κ1) is 65.9. The van der Waals surface area contributed by atoms with E-state index in [-0.39, 0.29) is 0 Å². The molecule has 7 heteroatoms. The molecule has 2 heterocycles. The van der Waals surface area contributed by atoms with Gasteiger partial charge in [0.05, 0.1) is 11.0 Å². The summed E-state index contributed by atoms with van der Waals surface area (Å²) in [6, 6.07) is 158. The van der Waals surface area contributed by atoms with E-state index in [2.05, 4.69) is 454 Å². The minimum Gasteiger partial charge on any atom is -0.356 e. The molecule has 0 spiro atoms. The molecule has 18 aromatic rings. The molecule has 0 saturated heterocycles. The summed E-state index contributed by atoms with van der Waals surface area (Å²) in [4.78, 5) is 2.39. The first-order chi connectivity index (χ1) is 51.0. The SMILES string of the molecule is Brc1cc[c]([Ge]([c]2ccccc2)([c]2ccccc2)[c]2ccccc2)cc1.c1ccc(N(c2cc[c]([Ge]([c]3ccccc3)([c]3ccccc3)[c]3ccccc3)cc2)c2ccc3c(c2)c2ccccc2n3-c2ccccc2)cc1.c1ccc(Nc2ccc3c(c2)c2ccccc2n3-c2ccccc2)cc1. The van der Waals surface area contributed by atoms with Crippen molar-refractivity contribution in [1.82, 2.24) is 9.13 Å². The van der Waals surface area contributed by atoms with Crippen molar-refractivity contribution >= 4 is 150 Å². The maximum absolute atomic E-state index is 3.60. The van der Waals surface area contributed by atoms with Crippen molar-refractivity contribution in [3.63, 3.8) is 0 Å². The third-order valence-corrected chi connectivity index (χ3v) is 40.4. The van der Waals surface area contributed by atoms with Crippen molar-refractivity contribution in [3.05, 3.63) is 441 Å². The van der Waals surface area contributed by atoms with Gasteiger partial charge in [0.1, 0.15) is 0 Å². The molecule has 0 atom stereocenters. The number of hydrogen-bond acceptors (Lipinski definition) is 2. The topological polar surface area (TPSA) is 25.1 Å². The second-order valence-corrected chi connectivity index (χ2v) is 42.6. The van der Waals surface area contributed by atoms with Crippen LogP contribution in [0.4, 0.5) is 28.4 Å². The number of halogens is 1. The third-order valence-electron chi connectivity index (χ3n) is 19.8. The second-order valence-electron chi connectivity index (χ2n) is 25.7. The molecule has 103 heavy (non-hydrogen) atoms. The first-order valence-corrected chi connectivity index (χ1v) is 44.3. The van der Waals surface area contributed by atoms with Gasteiger partial charge in [-0.15, -0.1) is 0 Å². The molecule has 0 aliphatic carbocycles. The van der Waals surface area contributed by atoms with Crippen LogP contribution in [0, 0.1) is 0 Å². The summed E-state index contributed by atoms with van der Waals surface area (Å²) in [5, 5.41) is 8.50. The van der Waals surface area contributed by atoms with Crippen LogP contribution in [0.25, 0.3) is 55.0 Å². The van der Waals surface area contributed by atoms with Crippen LogP contribution in [0.1, 0.15) is 0 Å². The summed E-state index contributed by atoms with van der Waals surface area (Å²) in [7, 11) is 0. The zero-order valence-corrected chi connectivity index (χ0v) is 62.6. The smallest absolute Gasteiger partial charge is 0.0542 e. The summed E-state index contributed by atoms with van der Waals surface area (Å²) < 4.78 is 17.3. The molecule has 0 bridgehead atoms. The van der Waals surface area contributed by atoms with Crippen LogP contribution >= 0.6 is 15.9 Å². The first-order valence-electron chi connectivity index (χ1n) is 35.1. The van der Waals surface area contributed by atoms with Gasteiger partial charge in [-0.05, 0) is 48.5 Å². The summed E-state index contributed by atoms with van der Waals surface area (Å²) >= 11 is -2.82. The Morgan fingerprint density at radius 1 is 0.214 bits per heavy atom. The molecule has 0 unspecified atom stereocenters. The average molecular weight is 1510 g/mol. The summed E-state index contributed by atoms with van der Waals surface area (Å²) in [5.41, 5.74) is 12.8. The average Bonchev–Trinajstić information content (AvgIpc) is 1.74. The van der Waals surface area contributed by atoms with E-state index in [1.165, 1.54) is 84.5 Å². The molecule has 492 valence electrons. The van der Waals surface area contributed by atoms with Crippen molar-refractivity contribution in [3.8, 4) is 11.4 Å². The maximum Gasteiger partial charge on any atom is 0.0542 e. The molecule has 18 rings (SSSR count). The number of anilines is 5. The number of nitrogens with one attached hydrogen (secondary N) is 1. The van der Waals surface area contributed by atoms with Crippen molar-refractivity contribution in [2.24, 2.45) is 0 Å². The monoisotopic (exact) mass is 1510 g/mol. The zero-order valence-electron chi connectivity index (χ0n) is 56.8. The molecule has 0 saturated carbocycles. The van der Waals surface area contributed by atoms with Gasteiger partial charge in [-0.25, -0.2) is 0 Å². The normalized spacial score (nSPS) is 11.3. The van der Waals surface area contributed by atoms with E-state index in [0.717, 1.165) is 38.6 Å². The Bertz CT molecular complexity index is 5600. The minimum absolute atomic E-state index is 1.10. The molecular formula is C96H73BrGe2N4. The Kier molecular flexibility index (Phi) is 19.3. The fraction of sp³-hybridized carbons (Fsp3) is 0. The van der Waals surface area contributed by atoms with E-state index in [0.29, 0.717) is 0 Å². The Labute approximate surface area is 616 Å². The molecule has 16 aromatic carbocycles. The molecule has 0 amide bonds. The third kappa shape index (κ3) is 13.0. The number of fused-ring (bicyclic) bond motifs is 6. The molecule has 0 aliphatic rings. The Morgan fingerprint density at radius 2 is 0.495 bits per heavy atom. The van der Waals surface area contributed by atoms with E-state index >= 15 is 0 Å². The zero-order chi connectivity index (χ0) is 69.2. The van der Waals surface area contributed by atoms with E-state index in [4.69, 9.17) is 0 Å². The van der Waals surface area contributed by atoms with Gasteiger partial charge in [0.25, 0.3) is 0 Å². The molecule has 0 fully saturated rings. The summed E-state index contributed by atoms with van der Waals surface area (Å²) in [6.45, 7) is 0. The van der Waals surface area contributed by atoms with Crippen molar-refractivity contribution < 1.29 is 0 Å². The van der Waals surface area contributed by atoms with E-state index in [1.54, 1.807) is 0 Å². The van der Waals surface area contributed by atoms with E-state index in [9.17, 15) is 0 Å². The quantitative estimate of drug-likeness (QED) is 0.104. The number of benzene rings is 16. The van der Waals surface area contributed by atoms with Crippen LogP contribution in [-0.2, 0) is 0 Å². The van der Waals surface area contributed by atoms with Crippen LogP contribution < -0.4 is 45.4 Å². The fourth-order valence-corrected chi connectivity index (χ4v) is 35.4. The molecule has 1 N–H and O–H groups in total. The molecule has 0 radical (unpaired) electrons. The Morgan fingerprint density at radius 3 is 0.893 bits per heavy atom. The molecule has 2 aromatic heterocycles. The van der Waals surface area contributed by atoms with Crippen LogP contribution in [0.2, 0.25) is 0 Å². The minimum atomic E-state index is -3.38. The van der Waals surface area contributed by atoms with Gasteiger partial charge in [-0.2, -0.15) is 0 Å². The standard InChI is InChI=1S/C48H36GeN2.C24H19BrGe.C24H18N2/c1-6-18-37(19-7-1)49(38-20-8-2-9-21-38,39-22-10-3-11-23-39)40-30-32-43(33-31-40)50(41-24-12-4-13-25-41)44-34-35-48-46(36-44)45-28-16-17-29-47(45)51(48)42-26-14-5-15-27-42;25-20-16-18-24(19-17-20)26(21-10-4-1-5-11-21,22-12-6-2-7-13-22)23-14-8-3-9-15-23;1-3-9-18(10-4-1)25-19-15-16-24-22(17-19)21-13-7-8-14-23(21)26(24)20-11-5-2-6-12-20/h1-36H;1-19H;1-17,25H. The predicted octanol–water partition coefficient (Wildman–Crippen LogP) is 20.0. The fourth-order valence-electron chi connectivity index (χ4n) is 15.3. The van der Waals surface area contributed by atoms with Crippen molar-refractivity contribution in [2.45, 2.75) is 0 Å². The number of aromatic nitrogens is 2. The van der Waals surface area contributed by atoms with Gasteiger partial charge in [-0.3, -0.25) is 0 Å². The Balaban J connectivity index is 0.000000132. The number of rotatable bonds is 15. The molecule has 4 nitrogen and oxygen atoms in total. The number of hydrogen-bond donors (Lipinski definition) is 1. The largest absolute Gasteiger partial charge is 0.356 e. The predicted molar refractivity (Wildman–Crippen MR) is 447 cm³/mol. The van der Waals surface area contributed by atoms with E-state index < -0.39 is 26.5 Å². The summed E-state index contributed by atoms with van der Waals surface area (Å²) in [6.07, 6.45) is 0. The Hall–Kier alpha value is -11.7. The van der Waals surface area contributed by atoms with Crippen LogP contribution in [-0.4, -0.2) is 35.7 Å². The van der Waals surface area contributed by atoms with Gasteiger partial charge in [0.2, 0.25) is 0 Å². The van der Waals surface area contributed by atoms with Crippen LogP contribution in [0.3, 0.4) is 0 Å². The molecular weight excluding hydrogens is 1430 g/mol. The maximum atomic E-state index is 3.60. The second kappa shape index (κ2) is 30.2. The van der Waals surface area contributed by atoms with Crippen molar-refractivity contribution in [2.75, 3.05) is 10.2 Å².